The van der Waals surface area contributed by atoms with E-state index < -0.39 is 0 Å². The zero-order valence-electron chi connectivity index (χ0n) is 10.5. The molecule has 2 unspecified atom stereocenters. The van der Waals surface area contributed by atoms with Gasteiger partial charge < -0.3 is 9.64 Å². The first kappa shape index (κ1) is 11.9. The van der Waals surface area contributed by atoms with Crippen molar-refractivity contribution in [2.45, 2.75) is 57.6 Å². The van der Waals surface area contributed by atoms with Gasteiger partial charge in [-0.1, -0.05) is 19.3 Å². The molecular weight excluding hydrogens is 200 g/mol. The third kappa shape index (κ3) is 2.40. The van der Waals surface area contributed by atoms with E-state index in [1.54, 1.807) is 0 Å². The molecule has 2 aliphatic rings. The fraction of sp³-hybridized carbons (Fsp3) is 0.923. The van der Waals surface area contributed by atoms with E-state index in [0.717, 1.165) is 18.9 Å². The molecule has 1 aliphatic carbocycles. The molecule has 2 atom stereocenters. The van der Waals surface area contributed by atoms with Crippen molar-refractivity contribution in [1.82, 2.24) is 4.90 Å². The minimum atomic E-state index is 0.286. The van der Waals surface area contributed by atoms with Crippen molar-refractivity contribution in [3.05, 3.63) is 0 Å². The molecule has 3 nitrogen and oxygen atoms in total. The van der Waals surface area contributed by atoms with E-state index in [2.05, 4.69) is 18.9 Å². The second kappa shape index (κ2) is 5.17. The molecule has 0 aromatic heterocycles. The third-order valence-electron chi connectivity index (χ3n) is 4.21. The van der Waals surface area contributed by atoms with Crippen molar-refractivity contribution in [3.8, 4) is 0 Å². The van der Waals surface area contributed by atoms with Gasteiger partial charge in [0.05, 0.1) is 18.0 Å². The summed E-state index contributed by atoms with van der Waals surface area (Å²) in [6.45, 7) is 2.98. The molecule has 1 N–H and O–H groups in total. The lowest BCUT2D eigenvalue weighted by molar-refractivity contribution is 0.0983. The molecule has 0 aromatic carbocycles. The van der Waals surface area contributed by atoms with Gasteiger partial charge in [0.2, 0.25) is 0 Å². The van der Waals surface area contributed by atoms with Gasteiger partial charge in [-0.2, -0.15) is 0 Å². The summed E-state index contributed by atoms with van der Waals surface area (Å²) in [5.41, 5.74) is 0. The standard InChI is InChI=1S/C13H24N2O/c1-10-12(8-9-16-10)15(2)13(14)11-6-4-3-5-7-11/h10-12,14H,3-9H2,1-2H3. The molecule has 1 aliphatic heterocycles. The molecule has 0 radical (unpaired) electrons. The molecule has 16 heavy (non-hydrogen) atoms. The van der Waals surface area contributed by atoms with Crippen LogP contribution < -0.4 is 0 Å². The molecule has 1 saturated heterocycles. The fourth-order valence-electron chi connectivity index (χ4n) is 3.07. The van der Waals surface area contributed by atoms with Crippen molar-refractivity contribution >= 4 is 5.84 Å². The monoisotopic (exact) mass is 224 g/mol. The molecular formula is C13H24N2O. The van der Waals surface area contributed by atoms with E-state index >= 15 is 0 Å². The predicted molar refractivity (Wildman–Crippen MR) is 65.9 cm³/mol. The van der Waals surface area contributed by atoms with Gasteiger partial charge in [-0.15, -0.1) is 0 Å². The number of nitrogens with one attached hydrogen (secondary N) is 1. The van der Waals surface area contributed by atoms with Gasteiger partial charge in [-0.3, -0.25) is 5.41 Å². The molecule has 2 fully saturated rings. The second-order valence-electron chi connectivity index (χ2n) is 5.26. The van der Waals surface area contributed by atoms with E-state index in [9.17, 15) is 0 Å². The zero-order valence-corrected chi connectivity index (χ0v) is 10.5. The lowest BCUT2D eigenvalue weighted by Crippen LogP contribution is -2.43. The van der Waals surface area contributed by atoms with Crippen LogP contribution in [0.15, 0.2) is 0 Å². The molecule has 0 bridgehead atoms. The van der Waals surface area contributed by atoms with Gasteiger partial charge in [-0.25, -0.2) is 0 Å². The fourth-order valence-corrected chi connectivity index (χ4v) is 3.07. The Morgan fingerprint density at radius 3 is 2.44 bits per heavy atom. The first-order valence-electron chi connectivity index (χ1n) is 6.63. The van der Waals surface area contributed by atoms with E-state index in [4.69, 9.17) is 10.1 Å². The van der Waals surface area contributed by atoms with Gasteiger partial charge in [0.25, 0.3) is 0 Å². The Kier molecular flexibility index (Phi) is 3.85. The topological polar surface area (TPSA) is 36.3 Å². The average Bonchev–Trinajstić information content (AvgIpc) is 2.75. The predicted octanol–water partition coefficient (Wildman–Crippen LogP) is 2.65. The van der Waals surface area contributed by atoms with Crippen LogP contribution in [0.3, 0.4) is 0 Å². The van der Waals surface area contributed by atoms with Gasteiger partial charge in [0, 0.05) is 19.6 Å². The minimum Gasteiger partial charge on any atom is -0.376 e. The molecule has 3 heteroatoms. The maximum atomic E-state index is 8.31. The largest absolute Gasteiger partial charge is 0.376 e. The minimum absolute atomic E-state index is 0.286. The van der Waals surface area contributed by atoms with Crippen molar-refractivity contribution in [3.63, 3.8) is 0 Å². The highest BCUT2D eigenvalue weighted by molar-refractivity contribution is 5.81. The summed E-state index contributed by atoms with van der Waals surface area (Å²) in [5.74, 6) is 1.36. The molecule has 0 spiro atoms. The van der Waals surface area contributed by atoms with Crippen LogP contribution in [0.25, 0.3) is 0 Å². The molecule has 0 amide bonds. The molecule has 2 rings (SSSR count). The van der Waals surface area contributed by atoms with Crippen LogP contribution in [-0.4, -0.2) is 36.5 Å². The maximum Gasteiger partial charge on any atom is 0.0990 e. The number of nitrogens with zero attached hydrogens (tertiary/aromatic N) is 1. The number of hydrogen-bond acceptors (Lipinski definition) is 2. The summed E-state index contributed by atoms with van der Waals surface area (Å²) in [5, 5.41) is 8.31. The molecule has 0 aromatic rings. The Morgan fingerprint density at radius 2 is 1.88 bits per heavy atom. The SMILES string of the molecule is CC1OCCC1N(C)C(=N)C1CCCCC1. The third-order valence-corrected chi connectivity index (χ3v) is 4.21. The first-order valence-corrected chi connectivity index (χ1v) is 6.63. The number of likely N-dealkylation sites (N-methyl/N-ethyl adjacent to an activating group) is 1. The van der Waals surface area contributed by atoms with Crippen LogP contribution in [-0.2, 0) is 4.74 Å². The van der Waals surface area contributed by atoms with Gasteiger partial charge >= 0.3 is 0 Å². The highest BCUT2D eigenvalue weighted by Gasteiger charge is 2.31. The summed E-state index contributed by atoms with van der Waals surface area (Å²) in [6.07, 6.45) is 7.75. The van der Waals surface area contributed by atoms with Gasteiger partial charge in [-0.05, 0) is 26.2 Å². The van der Waals surface area contributed by atoms with Crippen LogP contribution >= 0.6 is 0 Å². The quantitative estimate of drug-likeness (QED) is 0.578. The van der Waals surface area contributed by atoms with E-state index in [0.29, 0.717) is 12.0 Å². The summed E-state index contributed by atoms with van der Waals surface area (Å²) in [7, 11) is 2.08. The van der Waals surface area contributed by atoms with Gasteiger partial charge in [0.1, 0.15) is 0 Å². The summed E-state index contributed by atoms with van der Waals surface area (Å²) >= 11 is 0. The lowest BCUT2D eigenvalue weighted by atomic mass is 9.87. The molecule has 1 heterocycles. The summed E-state index contributed by atoms with van der Waals surface area (Å²) in [6, 6.07) is 0.425. The smallest absolute Gasteiger partial charge is 0.0990 e. The molecule has 1 saturated carbocycles. The van der Waals surface area contributed by atoms with Crippen LogP contribution in [0.1, 0.15) is 45.4 Å². The highest BCUT2D eigenvalue weighted by atomic mass is 16.5. The van der Waals surface area contributed by atoms with Crippen LogP contribution in [0.5, 0.6) is 0 Å². The van der Waals surface area contributed by atoms with Crippen molar-refractivity contribution in [2.24, 2.45) is 5.92 Å². The summed E-state index contributed by atoms with van der Waals surface area (Å²) in [4.78, 5) is 2.17. The van der Waals surface area contributed by atoms with E-state index in [1.807, 2.05) is 0 Å². The first-order chi connectivity index (χ1) is 7.70. The van der Waals surface area contributed by atoms with Crippen LogP contribution in [0, 0.1) is 11.3 Å². The Labute approximate surface area is 98.7 Å². The van der Waals surface area contributed by atoms with Crippen molar-refractivity contribution < 1.29 is 4.74 Å². The average molecular weight is 224 g/mol. The summed E-state index contributed by atoms with van der Waals surface area (Å²) < 4.78 is 5.59. The molecule has 92 valence electrons. The van der Waals surface area contributed by atoms with Gasteiger partial charge in [0.15, 0.2) is 0 Å². The van der Waals surface area contributed by atoms with E-state index in [1.165, 1.54) is 32.1 Å². The Morgan fingerprint density at radius 1 is 1.19 bits per heavy atom. The van der Waals surface area contributed by atoms with Crippen molar-refractivity contribution in [2.75, 3.05) is 13.7 Å². The van der Waals surface area contributed by atoms with Crippen LogP contribution in [0.4, 0.5) is 0 Å². The van der Waals surface area contributed by atoms with Crippen molar-refractivity contribution in [1.29, 1.82) is 5.41 Å². The Hall–Kier alpha value is -0.570. The number of hydrogen-bond donors (Lipinski definition) is 1. The lowest BCUT2D eigenvalue weighted by Gasteiger charge is -2.34. The van der Waals surface area contributed by atoms with Crippen LogP contribution in [0.2, 0.25) is 0 Å². The second-order valence-corrected chi connectivity index (χ2v) is 5.26. The normalized spacial score (nSPS) is 31.6. The number of rotatable bonds is 2. The highest BCUT2D eigenvalue weighted by Crippen LogP contribution is 2.27. The van der Waals surface area contributed by atoms with E-state index in [-0.39, 0.29) is 6.10 Å². The number of amidine groups is 1. The zero-order chi connectivity index (χ0) is 11.5. The Bertz CT molecular complexity index is 248. The maximum absolute atomic E-state index is 8.31. The Balaban J connectivity index is 1.92. The number of ether oxygens (including phenoxy) is 1.